The van der Waals surface area contributed by atoms with Crippen molar-refractivity contribution in [2.24, 2.45) is 11.8 Å². The molecule has 0 atom stereocenters. The molecule has 2 fully saturated rings. The van der Waals surface area contributed by atoms with Gasteiger partial charge in [0.15, 0.2) is 0 Å². The number of hydrogen-bond acceptors (Lipinski definition) is 4. The average molecular weight is 344 g/mol. The topological polar surface area (TPSA) is 62.7 Å². The second-order valence-corrected chi connectivity index (χ2v) is 8.39. The highest BCUT2D eigenvalue weighted by Crippen LogP contribution is 2.52. The van der Waals surface area contributed by atoms with Crippen LogP contribution in [-0.2, 0) is 11.2 Å². The number of nitrogens with zero attached hydrogens (tertiary/aromatic N) is 2. The maximum absolute atomic E-state index is 12.5. The van der Waals surface area contributed by atoms with Crippen molar-refractivity contribution in [2.45, 2.75) is 70.4 Å². The van der Waals surface area contributed by atoms with Gasteiger partial charge in [-0.1, -0.05) is 13.8 Å². The summed E-state index contributed by atoms with van der Waals surface area (Å²) in [6, 6.07) is 2.13. The first kappa shape index (κ1) is 16.8. The van der Waals surface area contributed by atoms with Crippen molar-refractivity contribution in [3.05, 3.63) is 17.8 Å². The van der Waals surface area contributed by atoms with E-state index in [1.807, 2.05) is 11.0 Å². The van der Waals surface area contributed by atoms with E-state index < -0.39 is 5.60 Å². The number of aryl methyl sites for hydroxylation is 1. The zero-order valence-corrected chi connectivity index (χ0v) is 15.2. The molecule has 0 unspecified atom stereocenters. The second kappa shape index (κ2) is 6.27. The Kier molecular flexibility index (Phi) is 4.22. The van der Waals surface area contributed by atoms with Crippen LogP contribution in [0, 0.1) is 11.8 Å². The van der Waals surface area contributed by atoms with Crippen LogP contribution < -0.4 is 9.64 Å². The van der Waals surface area contributed by atoms with E-state index in [-0.39, 0.29) is 11.9 Å². The number of hydrogen-bond donors (Lipinski definition) is 1. The van der Waals surface area contributed by atoms with Crippen LogP contribution in [0.3, 0.4) is 0 Å². The van der Waals surface area contributed by atoms with Gasteiger partial charge in [0.25, 0.3) is 0 Å². The van der Waals surface area contributed by atoms with Gasteiger partial charge in [-0.05, 0) is 62.0 Å². The molecule has 0 aromatic carbocycles. The quantitative estimate of drug-likeness (QED) is 0.861. The normalized spacial score (nSPS) is 28.7. The molecule has 1 N–H and O–H groups in total. The van der Waals surface area contributed by atoms with Gasteiger partial charge in [-0.2, -0.15) is 0 Å². The zero-order valence-electron chi connectivity index (χ0n) is 15.2. The lowest BCUT2D eigenvalue weighted by molar-refractivity contribution is -0.122. The first-order valence-corrected chi connectivity index (χ1v) is 9.62. The SMILES string of the molecule is CC(C)CCOc1cnc2c(c1)CCC(=O)N2[C@H]1C[C@](O)(C2CC2)C1. The van der Waals surface area contributed by atoms with Crippen LogP contribution in [0.4, 0.5) is 5.82 Å². The van der Waals surface area contributed by atoms with Crippen LogP contribution in [-0.4, -0.2) is 34.2 Å². The van der Waals surface area contributed by atoms with Crippen molar-refractivity contribution < 1.29 is 14.6 Å². The van der Waals surface area contributed by atoms with Gasteiger partial charge in [-0.3, -0.25) is 9.69 Å². The number of carbonyl (C=O) groups is 1. The van der Waals surface area contributed by atoms with Crippen LogP contribution in [0.5, 0.6) is 5.75 Å². The number of pyridine rings is 1. The van der Waals surface area contributed by atoms with Crippen molar-refractivity contribution in [2.75, 3.05) is 11.5 Å². The van der Waals surface area contributed by atoms with Gasteiger partial charge >= 0.3 is 0 Å². The van der Waals surface area contributed by atoms with E-state index in [2.05, 4.69) is 18.8 Å². The fraction of sp³-hybridized carbons (Fsp3) is 0.700. The molecule has 136 valence electrons. The molecule has 0 spiro atoms. The van der Waals surface area contributed by atoms with Crippen LogP contribution >= 0.6 is 0 Å². The molecule has 1 aromatic rings. The molecule has 1 aliphatic heterocycles. The van der Waals surface area contributed by atoms with E-state index >= 15 is 0 Å². The summed E-state index contributed by atoms with van der Waals surface area (Å²) in [5, 5.41) is 10.6. The molecule has 1 amide bonds. The molecule has 0 radical (unpaired) electrons. The predicted molar refractivity (Wildman–Crippen MR) is 95.7 cm³/mol. The minimum absolute atomic E-state index is 0.0948. The number of amides is 1. The van der Waals surface area contributed by atoms with Crippen molar-refractivity contribution in [3.63, 3.8) is 0 Å². The molecule has 0 bridgehead atoms. The van der Waals surface area contributed by atoms with E-state index in [4.69, 9.17) is 4.74 Å². The van der Waals surface area contributed by atoms with Gasteiger partial charge in [-0.25, -0.2) is 4.98 Å². The molecule has 3 aliphatic rings. The first-order valence-electron chi connectivity index (χ1n) is 9.62. The number of aliphatic hydroxyl groups is 1. The van der Waals surface area contributed by atoms with Crippen LogP contribution in [0.2, 0.25) is 0 Å². The third kappa shape index (κ3) is 3.26. The van der Waals surface area contributed by atoms with Crippen LogP contribution in [0.15, 0.2) is 12.3 Å². The maximum atomic E-state index is 12.5. The second-order valence-electron chi connectivity index (χ2n) is 8.39. The Labute approximate surface area is 149 Å². The Morgan fingerprint density at radius 2 is 2.12 bits per heavy atom. The van der Waals surface area contributed by atoms with Crippen LogP contribution in [0.1, 0.15) is 57.9 Å². The van der Waals surface area contributed by atoms with Crippen LogP contribution in [0.25, 0.3) is 0 Å². The highest BCUT2D eigenvalue weighted by molar-refractivity contribution is 5.96. The smallest absolute Gasteiger partial charge is 0.228 e. The number of fused-ring (bicyclic) bond motifs is 1. The predicted octanol–water partition coefficient (Wildman–Crippen LogP) is 3.09. The lowest BCUT2D eigenvalue weighted by atomic mass is 9.71. The molecule has 25 heavy (non-hydrogen) atoms. The van der Waals surface area contributed by atoms with Crippen molar-refractivity contribution >= 4 is 11.7 Å². The lowest BCUT2D eigenvalue weighted by Crippen LogP contribution is -2.59. The minimum atomic E-state index is -0.539. The fourth-order valence-electron chi connectivity index (χ4n) is 4.12. The van der Waals surface area contributed by atoms with Gasteiger partial charge in [0.05, 0.1) is 18.4 Å². The van der Waals surface area contributed by atoms with E-state index in [0.29, 0.717) is 37.7 Å². The summed E-state index contributed by atoms with van der Waals surface area (Å²) >= 11 is 0. The Hall–Kier alpha value is -1.62. The molecule has 2 heterocycles. The Morgan fingerprint density at radius 1 is 1.36 bits per heavy atom. The summed E-state index contributed by atoms with van der Waals surface area (Å²) in [5.74, 6) is 2.76. The molecule has 5 nitrogen and oxygen atoms in total. The fourth-order valence-corrected chi connectivity index (χ4v) is 4.12. The lowest BCUT2D eigenvalue weighted by Gasteiger charge is -2.49. The van der Waals surface area contributed by atoms with Crippen molar-refractivity contribution in [1.29, 1.82) is 0 Å². The number of ether oxygens (including phenoxy) is 1. The molecule has 2 aliphatic carbocycles. The Morgan fingerprint density at radius 3 is 2.80 bits per heavy atom. The number of anilines is 1. The molecule has 5 heteroatoms. The highest BCUT2D eigenvalue weighted by atomic mass is 16.5. The third-order valence-electron chi connectivity index (χ3n) is 5.87. The van der Waals surface area contributed by atoms with Crippen molar-refractivity contribution in [1.82, 2.24) is 4.98 Å². The molecule has 0 saturated heterocycles. The molecule has 4 rings (SSSR count). The van der Waals surface area contributed by atoms with Gasteiger partial charge < -0.3 is 9.84 Å². The van der Waals surface area contributed by atoms with E-state index in [1.165, 1.54) is 0 Å². The Balaban J connectivity index is 1.47. The monoisotopic (exact) mass is 344 g/mol. The van der Waals surface area contributed by atoms with E-state index in [0.717, 1.165) is 42.8 Å². The third-order valence-corrected chi connectivity index (χ3v) is 5.87. The van der Waals surface area contributed by atoms with E-state index in [1.54, 1.807) is 6.20 Å². The Bertz CT molecular complexity index is 663. The molecule has 1 aromatic heterocycles. The van der Waals surface area contributed by atoms with Crippen molar-refractivity contribution in [3.8, 4) is 5.75 Å². The van der Waals surface area contributed by atoms with Gasteiger partial charge in [0, 0.05) is 12.5 Å². The molecular formula is C20H28N2O3. The summed E-state index contributed by atoms with van der Waals surface area (Å²) < 4.78 is 5.81. The highest BCUT2D eigenvalue weighted by Gasteiger charge is 2.55. The van der Waals surface area contributed by atoms with Gasteiger partial charge in [0.1, 0.15) is 11.6 Å². The molecular weight excluding hydrogens is 316 g/mol. The molecule has 2 saturated carbocycles. The maximum Gasteiger partial charge on any atom is 0.228 e. The summed E-state index contributed by atoms with van der Waals surface area (Å²) in [4.78, 5) is 18.9. The van der Waals surface area contributed by atoms with Gasteiger partial charge in [0.2, 0.25) is 5.91 Å². The largest absolute Gasteiger partial charge is 0.492 e. The first-order chi connectivity index (χ1) is 12.0. The number of rotatable bonds is 6. The zero-order chi connectivity index (χ0) is 17.6. The summed E-state index contributed by atoms with van der Waals surface area (Å²) in [7, 11) is 0. The summed E-state index contributed by atoms with van der Waals surface area (Å²) in [6.45, 7) is 5.05. The average Bonchev–Trinajstić information content (AvgIpc) is 3.37. The summed E-state index contributed by atoms with van der Waals surface area (Å²) in [5.41, 5.74) is 0.547. The number of carbonyl (C=O) groups excluding carboxylic acids is 1. The number of aromatic nitrogens is 1. The standard InChI is InChI=1S/C20H28N2O3/c1-13(2)7-8-25-17-9-14-3-6-18(23)22(19(14)21-12-17)16-10-20(24,11-16)15-4-5-15/h9,12-13,15-16,24H,3-8,10-11H2,1-2H3/t16-,20+. The van der Waals surface area contributed by atoms with Gasteiger partial charge in [-0.15, -0.1) is 0 Å². The van der Waals surface area contributed by atoms with E-state index in [9.17, 15) is 9.90 Å². The summed E-state index contributed by atoms with van der Waals surface area (Å²) in [6.07, 6.45) is 7.63. The minimum Gasteiger partial charge on any atom is -0.492 e.